The van der Waals surface area contributed by atoms with Gasteiger partial charge in [-0.3, -0.25) is 4.98 Å². The van der Waals surface area contributed by atoms with Crippen LogP contribution in [0.5, 0.6) is 5.75 Å². The van der Waals surface area contributed by atoms with Crippen molar-refractivity contribution in [2.75, 3.05) is 7.11 Å². The normalized spacial score (nSPS) is 20.3. The van der Waals surface area contributed by atoms with Crippen molar-refractivity contribution >= 4 is 11.6 Å². The molecule has 0 bridgehead atoms. The molecular formula is C17H18ClNO2. The average Bonchev–Trinajstić information content (AvgIpc) is 2.85. The van der Waals surface area contributed by atoms with Crippen molar-refractivity contribution in [2.24, 2.45) is 0 Å². The zero-order valence-corrected chi connectivity index (χ0v) is 13.0. The van der Waals surface area contributed by atoms with Gasteiger partial charge < -0.3 is 9.47 Å². The number of halogens is 1. The van der Waals surface area contributed by atoms with Gasteiger partial charge in [0.25, 0.3) is 0 Å². The Morgan fingerprint density at radius 1 is 1.24 bits per heavy atom. The van der Waals surface area contributed by atoms with E-state index < -0.39 is 0 Å². The largest absolute Gasteiger partial charge is 0.497 e. The zero-order valence-electron chi connectivity index (χ0n) is 12.2. The van der Waals surface area contributed by atoms with Crippen molar-refractivity contribution in [1.29, 1.82) is 0 Å². The minimum atomic E-state index is -0.361. The maximum Gasteiger partial charge on any atom is 0.118 e. The molecule has 0 saturated heterocycles. The SMILES string of the molecule is COc1ccc(COC2(C)CCc3c(Cl)ccnc32)cc1. The molecule has 0 aliphatic heterocycles. The number of hydrogen-bond acceptors (Lipinski definition) is 3. The molecule has 1 aliphatic carbocycles. The van der Waals surface area contributed by atoms with Gasteiger partial charge in [-0.25, -0.2) is 0 Å². The lowest BCUT2D eigenvalue weighted by Gasteiger charge is -2.25. The summed E-state index contributed by atoms with van der Waals surface area (Å²) in [5.74, 6) is 0.852. The Labute approximate surface area is 129 Å². The Hall–Kier alpha value is -1.58. The van der Waals surface area contributed by atoms with Gasteiger partial charge in [0.05, 0.1) is 19.4 Å². The number of benzene rings is 1. The van der Waals surface area contributed by atoms with Gasteiger partial charge in [0, 0.05) is 11.2 Å². The van der Waals surface area contributed by atoms with Crippen LogP contribution in [0.1, 0.15) is 30.2 Å². The number of fused-ring (bicyclic) bond motifs is 1. The number of methoxy groups -OCH3 is 1. The number of ether oxygens (including phenoxy) is 2. The third-order valence-corrected chi connectivity index (χ3v) is 4.42. The average molecular weight is 304 g/mol. The molecule has 1 aliphatic rings. The summed E-state index contributed by atoms with van der Waals surface area (Å²) in [7, 11) is 1.66. The van der Waals surface area contributed by atoms with Gasteiger partial charge in [0.2, 0.25) is 0 Å². The molecule has 0 radical (unpaired) electrons. The first-order valence-electron chi connectivity index (χ1n) is 7.03. The van der Waals surface area contributed by atoms with Crippen LogP contribution in [0.4, 0.5) is 0 Å². The van der Waals surface area contributed by atoms with Crippen LogP contribution in [0.15, 0.2) is 36.5 Å². The molecule has 2 aromatic rings. The van der Waals surface area contributed by atoms with E-state index in [-0.39, 0.29) is 5.60 Å². The highest BCUT2D eigenvalue weighted by molar-refractivity contribution is 6.31. The molecule has 0 amide bonds. The summed E-state index contributed by atoms with van der Waals surface area (Å²) in [4.78, 5) is 4.48. The van der Waals surface area contributed by atoms with E-state index in [1.54, 1.807) is 13.3 Å². The molecular weight excluding hydrogens is 286 g/mol. The first-order chi connectivity index (χ1) is 10.1. The third-order valence-electron chi connectivity index (χ3n) is 4.07. The minimum Gasteiger partial charge on any atom is -0.497 e. The van der Waals surface area contributed by atoms with Crippen molar-refractivity contribution in [2.45, 2.75) is 32.0 Å². The fourth-order valence-electron chi connectivity index (χ4n) is 2.75. The highest BCUT2D eigenvalue weighted by atomic mass is 35.5. The highest BCUT2D eigenvalue weighted by Gasteiger charge is 2.37. The number of hydrogen-bond donors (Lipinski definition) is 0. The van der Waals surface area contributed by atoms with Crippen molar-refractivity contribution in [3.05, 3.63) is 58.4 Å². The standard InChI is InChI=1S/C17H18ClNO2/c1-17(9-7-14-15(18)8-10-19-16(14)17)21-11-12-3-5-13(20-2)6-4-12/h3-6,8,10H,7,9,11H2,1-2H3. The van der Waals surface area contributed by atoms with Crippen LogP contribution in [-0.2, 0) is 23.4 Å². The lowest BCUT2D eigenvalue weighted by molar-refractivity contribution is -0.0493. The van der Waals surface area contributed by atoms with E-state index in [1.807, 2.05) is 30.3 Å². The Morgan fingerprint density at radius 2 is 2.00 bits per heavy atom. The molecule has 0 fully saturated rings. The van der Waals surface area contributed by atoms with Gasteiger partial charge in [-0.05, 0) is 49.1 Å². The Bertz CT molecular complexity index is 642. The fraction of sp³-hybridized carbons (Fsp3) is 0.353. The van der Waals surface area contributed by atoms with Gasteiger partial charge in [0.15, 0.2) is 0 Å². The maximum atomic E-state index is 6.24. The summed E-state index contributed by atoms with van der Waals surface area (Å²) in [6.45, 7) is 2.64. The molecule has 3 nitrogen and oxygen atoms in total. The monoisotopic (exact) mass is 303 g/mol. The second-order valence-electron chi connectivity index (χ2n) is 5.49. The number of aromatic nitrogens is 1. The van der Waals surface area contributed by atoms with Gasteiger partial charge in [0.1, 0.15) is 11.4 Å². The van der Waals surface area contributed by atoms with Gasteiger partial charge in [-0.15, -0.1) is 0 Å². The van der Waals surface area contributed by atoms with Crippen LogP contribution in [0.25, 0.3) is 0 Å². The molecule has 21 heavy (non-hydrogen) atoms. The number of pyridine rings is 1. The van der Waals surface area contributed by atoms with E-state index in [0.717, 1.165) is 40.4 Å². The Kier molecular flexibility index (Phi) is 3.87. The van der Waals surface area contributed by atoms with Crippen LogP contribution < -0.4 is 4.74 Å². The molecule has 1 atom stereocenters. The smallest absolute Gasteiger partial charge is 0.118 e. The van der Waals surface area contributed by atoms with Crippen molar-refractivity contribution in [3.63, 3.8) is 0 Å². The lowest BCUT2D eigenvalue weighted by atomic mass is 10.0. The molecule has 1 aromatic heterocycles. The second-order valence-corrected chi connectivity index (χ2v) is 5.89. The highest BCUT2D eigenvalue weighted by Crippen LogP contribution is 2.41. The van der Waals surface area contributed by atoms with E-state index >= 15 is 0 Å². The molecule has 1 heterocycles. The first-order valence-corrected chi connectivity index (χ1v) is 7.41. The van der Waals surface area contributed by atoms with E-state index in [1.165, 1.54) is 0 Å². The van der Waals surface area contributed by atoms with E-state index in [2.05, 4.69) is 11.9 Å². The van der Waals surface area contributed by atoms with E-state index in [0.29, 0.717) is 6.61 Å². The minimum absolute atomic E-state index is 0.361. The summed E-state index contributed by atoms with van der Waals surface area (Å²) >= 11 is 6.24. The zero-order chi connectivity index (χ0) is 14.9. The van der Waals surface area contributed by atoms with E-state index in [4.69, 9.17) is 21.1 Å². The Balaban J connectivity index is 1.75. The lowest BCUT2D eigenvalue weighted by Crippen LogP contribution is -2.23. The number of nitrogens with zero attached hydrogens (tertiary/aromatic N) is 1. The summed E-state index contributed by atoms with van der Waals surface area (Å²) in [6.07, 6.45) is 3.58. The van der Waals surface area contributed by atoms with Crippen LogP contribution in [-0.4, -0.2) is 12.1 Å². The van der Waals surface area contributed by atoms with Gasteiger partial charge in [-0.1, -0.05) is 23.7 Å². The predicted octanol–water partition coefficient (Wildman–Crippen LogP) is 4.12. The Morgan fingerprint density at radius 3 is 2.71 bits per heavy atom. The summed E-state index contributed by atoms with van der Waals surface area (Å²) in [5, 5.41) is 0.789. The first kappa shape index (κ1) is 14.4. The van der Waals surface area contributed by atoms with Crippen molar-refractivity contribution in [1.82, 2.24) is 4.98 Å². The quantitative estimate of drug-likeness (QED) is 0.851. The fourth-order valence-corrected chi connectivity index (χ4v) is 2.99. The molecule has 3 rings (SSSR count). The summed E-state index contributed by atoms with van der Waals surface area (Å²) < 4.78 is 11.3. The van der Waals surface area contributed by atoms with Crippen LogP contribution in [0.2, 0.25) is 5.02 Å². The maximum absolute atomic E-state index is 6.24. The van der Waals surface area contributed by atoms with Crippen LogP contribution in [0.3, 0.4) is 0 Å². The van der Waals surface area contributed by atoms with Crippen molar-refractivity contribution < 1.29 is 9.47 Å². The van der Waals surface area contributed by atoms with E-state index in [9.17, 15) is 0 Å². The van der Waals surface area contributed by atoms with Crippen molar-refractivity contribution in [3.8, 4) is 5.75 Å². The van der Waals surface area contributed by atoms with Gasteiger partial charge in [-0.2, -0.15) is 0 Å². The molecule has 0 N–H and O–H groups in total. The molecule has 1 aromatic carbocycles. The third kappa shape index (κ3) is 2.76. The molecule has 1 unspecified atom stereocenters. The van der Waals surface area contributed by atoms with Crippen LogP contribution in [0, 0.1) is 0 Å². The molecule has 0 saturated carbocycles. The topological polar surface area (TPSA) is 31.4 Å². The summed E-state index contributed by atoms with van der Waals surface area (Å²) in [6, 6.07) is 9.76. The van der Waals surface area contributed by atoms with Gasteiger partial charge >= 0.3 is 0 Å². The number of rotatable bonds is 4. The van der Waals surface area contributed by atoms with Crippen LogP contribution >= 0.6 is 11.6 Å². The molecule has 110 valence electrons. The predicted molar refractivity (Wildman–Crippen MR) is 82.7 cm³/mol. The second kappa shape index (κ2) is 5.66. The molecule has 0 spiro atoms. The summed E-state index contributed by atoms with van der Waals surface area (Å²) in [5.41, 5.74) is 2.85. The molecule has 4 heteroatoms.